The number of rotatable bonds is 8. The molecule has 0 bridgehead atoms. The van der Waals surface area contributed by atoms with Crippen LogP contribution in [0.25, 0.3) is 0 Å². The van der Waals surface area contributed by atoms with Crippen LogP contribution in [0, 0.1) is 0 Å². The van der Waals surface area contributed by atoms with E-state index in [1.807, 2.05) is 49.4 Å². The van der Waals surface area contributed by atoms with Crippen LogP contribution in [-0.2, 0) is 18.0 Å². The topological polar surface area (TPSA) is 47.9 Å². The third-order valence-electron chi connectivity index (χ3n) is 2.93. The van der Waals surface area contributed by atoms with Crippen LogP contribution in [0.5, 0.6) is 11.5 Å². The van der Waals surface area contributed by atoms with E-state index in [9.17, 15) is 5.11 Å². The molecule has 4 heteroatoms. The minimum atomic E-state index is -0.102. The monoisotopic (exact) mass is 288 g/mol. The highest BCUT2D eigenvalue weighted by Gasteiger charge is 2.10. The number of hydrogen-bond acceptors (Lipinski definition) is 4. The van der Waals surface area contributed by atoms with Gasteiger partial charge in [-0.2, -0.15) is 0 Å². The maximum atomic E-state index is 9.37. The Kier molecular flexibility index (Phi) is 6.06. The van der Waals surface area contributed by atoms with Crippen molar-refractivity contribution in [3.05, 3.63) is 59.7 Å². The SMILES string of the molecule is CCOc1cccc(CO)c1OCOCc1ccccc1. The molecule has 112 valence electrons. The molecule has 4 nitrogen and oxygen atoms in total. The maximum Gasteiger partial charge on any atom is 0.189 e. The molecule has 2 rings (SSSR count). The first-order chi connectivity index (χ1) is 10.3. The molecule has 1 N–H and O–H groups in total. The molecule has 0 atom stereocenters. The summed E-state index contributed by atoms with van der Waals surface area (Å²) in [7, 11) is 0. The van der Waals surface area contributed by atoms with Gasteiger partial charge in [0.05, 0.1) is 19.8 Å². The zero-order valence-corrected chi connectivity index (χ0v) is 12.1. The molecule has 0 saturated heterocycles. The summed E-state index contributed by atoms with van der Waals surface area (Å²) in [6.07, 6.45) is 0. The first-order valence-corrected chi connectivity index (χ1v) is 6.95. The molecule has 0 aromatic heterocycles. The Bertz CT molecular complexity index is 540. The first-order valence-electron chi connectivity index (χ1n) is 6.95. The average Bonchev–Trinajstić information content (AvgIpc) is 2.53. The van der Waals surface area contributed by atoms with Gasteiger partial charge >= 0.3 is 0 Å². The fourth-order valence-corrected chi connectivity index (χ4v) is 1.95. The number of ether oxygens (including phenoxy) is 3. The molecule has 0 aliphatic carbocycles. The largest absolute Gasteiger partial charge is 0.490 e. The standard InChI is InChI=1S/C17H20O4/c1-2-20-16-10-6-9-15(11-18)17(16)21-13-19-12-14-7-4-3-5-8-14/h3-10,18H,2,11-13H2,1H3. The number of aliphatic hydroxyl groups is 1. The van der Waals surface area contributed by atoms with Crippen LogP contribution in [0.4, 0.5) is 0 Å². The van der Waals surface area contributed by atoms with E-state index in [1.54, 1.807) is 6.07 Å². The van der Waals surface area contributed by atoms with Gasteiger partial charge in [-0.15, -0.1) is 0 Å². The van der Waals surface area contributed by atoms with Gasteiger partial charge in [-0.05, 0) is 18.6 Å². The molecule has 0 saturated carbocycles. The number of aliphatic hydroxyl groups excluding tert-OH is 1. The van der Waals surface area contributed by atoms with Gasteiger partial charge in [0.2, 0.25) is 0 Å². The van der Waals surface area contributed by atoms with Gasteiger partial charge in [0.15, 0.2) is 18.3 Å². The van der Waals surface area contributed by atoms with Crippen molar-refractivity contribution in [1.82, 2.24) is 0 Å². The summed E-state index contributed by atoms with van der Waals surface area (Å²) >= 11 is 0. The van der Waals surface area contributed by atoms with E-state index in [4.69, 9.17) is 14.2 Å². The Morgan fingerprint density at radius 1 is 0.952 bits per heavy atom. The summed E-state index contributed by atoms with van der Waals surface area (Å²) < 4.78 is 16.6. The predicted molar refractivity (Wildman–Crippen MR) is 80.3 cm³/mol. The fraction of sp³-hybridized carbons (Fsp3) is 0.294. The van der Waals surface area contributed by atoms with E-state index in [1.165, 1.54) is 0 Å². The minimum Gasteiger partial charge on any atom is -0.490 e. The second kappa shape index (κ2) is 8.29. The van der Waals surface area contributed by atoms with Gasteiger partial charge in [0.25, 0.3) is 0 Å². The molecule has 21 heavy (non-hydrogen) atoms. The van der Waals surface area contributed by atoms with Crippen molar-refractivity contribution in [3.8, 4) is 11.5 Å². The lowest BCUT2D eigenvalue weighted by atomic mass is 10.2. The van der Waals surface area contributed by atoms with Crippen LogP contribution in [0.1, 0.15) is 18.1 Å². The van der Waals surface area contributed by atoms with Crippen LogP contribution in [0.15, 0.2) is 48.5 Å². The van der Waals surface area contributed by atoms with Crippen molar-refractivity contribution in [2.75, 3.05) is 13.4 Å². The molecule has 0 aliphatic rings. The van der Waals surface area contributed by atoms with Gasteiger partial charge < -0.3 is 19.3 Å². The van der Waals surface area contributed by atoms with E-state index in [-0.39, 0.29) is 13.4 Å². The van der Waals surface area contributed by atoms with Crippen LogP contribution < -0.4 is 9.47 Å². The fourth-order valence-electron chi connectivity index (χ4n) is 1.95. The second-order valence-corrected chi connectivity index (χ2v) is 4.43. The summed E-state index contributed by atoms with van der Waals surface area (Å²) in [6, 6.07) is 15.3. The zero-order chi connectivity index (χ0) is 14.9. The van der Waals surface area contributed by atoms with E-state index >= 15 is 0 Å². The summed E-state index contributed by atoms with van der Waals surface area (Å²) in [5.41, 5.74) is 1.77. The Balaban J connectivity index is 1.92. The number of para-hydroxylation sites is 1. The van der Waals surface area contributed by atoms with Gasteiger partial charge in [0, 0.05) is 5.56 Å². The van der Waals surface area contributed by atoms with Gasteiger partial charge in [0.1, 0.15) is 0 Å². The first kappa shape index (κ1) is 15.4. The lowest BCUT2D eigenvalue weighted by Crippen LogP contribution is -2.07. The molecule has 2 aromatic carbocycles. The van der Waals surface area contributed by atoms with E-state index in [0.717, 1.165) is 5.56 Å². The Morgan fingerprint density at radius 3 is 2.48 bits per heavy atom. The van der Waals surface area contributed by atoms with Gasteiger partial charge in [-0.25, -0.2) is 0 Å². The third-order valence-corrected chi connectivity index (χ3v) is 2.93. The van der Waals surface area contributed by atoms with Crippen molar-refractivity contribution >= 4 is 0 Å². The van der Waals surface area contributed by atoms with E-state index in [2.05, 4.69) is 0 Å². The highest BCUT2D eigenvalue weighted by molar-refractivity contribution is 5.46. The second-order valence-electron chi connectivity index (χ2n) is 4.43. The highest BCUT2D eigenvalue weighted by atomic mass is 16.7. The molecule has 0 unspecified atom stereocenters. The molecule has 0 fully saturated rings. The smallest absolute Gasteiger partial charge is 0.189 e. The lowest BCUT2D eigenvalue weighted by molar-refractivity contribution is 0.00241. The third kappa shape index (κ3) is 4.48. The molecule has 2 aromatic rings. The Hall–Kier alpha value is -2.04. The number of hydrogen-bond donors (Lipinski definition) is 1. The van der Waals surface area contributed by atoms with Crippen LogP contribution in [-0.4, -0.2) is 18.5 Å². The molecular weight excluding hydrogens is 268 g/mol. The summed E-state index contributed by atoms with van der Waals surface area (Å²) in [6.45, 7) is 2.92. The average molecular weight is 288 g/mol. The normalized spacial score (nSPS) is 10.4. The molecule has 0 aliphatic heterocycles. The van der Waals surface area contributed by atoms with Crippen molar-refractivity contribution in [2.45, 2.75) is 20.1 Å². The molecule has 0 radical (unpaired) electrons. The van der Waals surface area contributed by atoms with Crippen LogP contribution in [0.3, 0.4) is 0 Å². The van der Waals surface area contributed by atoms with Crippen LogP contribution in [0.2, 0.25) is 0 Å². The Labute approximate surface area is 124 Å². The van der Waals surface area contributed by atoms with Crippen molar-refractivity contribution < 1.29 is 19.3 Å². The Morgan fingerprint density at radius 2 is 1.76 bits per heavy atom. The maximum absolute atomic E-state index is 9.37. The van der Waals surface area contributed by atoms with E-state index < -0.39 is 0 Å². The summed E-state index contributed by atoms with van der Waals surface area (Å²) in [5, 5.41) is 9.37. The molecule has 0 spiro atoms. The van der Waals surface area contributed by atoms with Crippen molar-refractivity contribution in [2.24, 2.45) is 0 Å². The molecule has 0 amide bonds. The highest BCUT2D eigenvalue weighted by Crippen LogP contribution is 2.31. The summed E-state index contributed by atoms with van der Waals surface area (Å²) in [4.78, 5) is 0. The van der Waals surface area contributed by atoms with Gasteiger partial charge in [-0.3, -0.25) is 0 Å². The minimum absolute atomic E-state index is 0.102. The quantitative estimate of drug-likeness (QED) is 0.599. The van der Waals surface area contributed by atoms with Crippen molar-refractivity contribution in [1.29, 1.82) is 0 Å². The van der Waals surface area contributed by atoms with E-state index in [0.29, 0.717) is 30.3 Å². The van der Waals surface area contributed by atoms with Crippen LogP contribution >= 0.6 is 0 Å². The van der Waals surface area contributed by atoms with Gasteiger partial charge in [-0.1, -0.05) is 42.5 Å². The zero-order valence-electron chi connectivity index (χ0n) is 12.1. The number of benzene rings is 2. The summed E-state index contributed by atoms with van der Waals surface area (Å²) in [5.74, 6) is 1.15. The lowest BCUT2D eigenvalue weighted by Gasteiger charge is -2.15. The predicted octanol–water partition coefficient (Wildman–Crippen LogP) is 3.13. The molecular formula is C17H20O4. The van der Waals surface area contributed by atoms with Crippen molar-refractivity contribution in [3.63, 3.8) is 0 Å². The molecule has 0 heterocycles.